The summed E-state index contributed by atoms with van der Waals surface area (Å²) in [4.78, 5) is 16.3. The number of nitrogens with one attached hydrogen (secondary N) is 2. The second-order valence-electron chi connectivity index (χ2n) is 6.33. The smallest absolute Gasteiger partial charge is 0.368 e. The molecule has 10 heteroatoms. The monoisotopic (exact) mass is 399 g/mol. The van der Waals surface area contributed by atoms with Crippen molar-refractivity contribution in [2.45, 2.75) is 26.1 Å². The minimum atomic E-state index is -4.58. The molecule has 7 nitrogen and oxygen atoms in total. The summed E-state index contributed by atoms with van der Waals surface area (Å²) in [5.74, 6) is 1.07. The number of halogens is 3. The fourth-order valence-corrected chi connectivity index (χ4v) is 2.41. The topological polar surface area (TPSA) is 99.4 Å². The van der Waals surface area contributed by atoms with E-state index in [0.29, 0.717) is 23.0 Å². The van der Waals surface area contributed by atoms with E-state index < -0.39 is 11.9 Å². The lowest BCUT2D eigenvalue weighted by atomic mass is 10.2. The first-order valence-electron chi connectivity index (χ1n) is 8.58. The van der Waals surface area contributed by atoms with Crippen LogP contribution in [0.4, 0.5) is 30.6 Å². The maximum atomic E-state index is 13.0. The zero-order valence-corrected chi connectivity index (χ0v) is 15.5. The second-order valence-corrected chi connectivity index (χ2v) is 6.33. The third kappa shape index (κ3) is 5.16. The summed E-state index contributed by atoms with van der Waals surface area (Å²) < 4.78 is 39.0. The van der Waals surface area contributed by atoms with Crippen LogP contribution in [0.15, 0.2) is 42.6 Å². The molecule has 3 aromatic heterocycles. The van der Waals surface area contributed by atoms with E-state index in [1.165, 1.54) is 24.4 Å². The van der Waals surface area contributed by atoms with Crippen LogP contribution in [0.2, 0.25) is 0 Å². The highest BCUT2D eigenvalue weighted by Gasteiger charge is 2.32. The van der Waals surface area contributed by atoms with Gasteiger partial charge in [0.2, 0.25) is 0 Å². The summed E-state index contributed by atoms with van der Waals surface area (Å²) in [7, 11) is 0. The number of aromatic nitrogens is 4. The molecule has 3 heterocycles. The molecular weight excluding hydrogens is 383 g/mol. The van der Waals surface area contributed by atoms with E-state index in [1.807, 2.05) is 19.9 Å². The van der Waals surface area contributed by atoms with E-state index >= 15 is 0 Å². The van der Waals surface area contributed by atoms with E-state index in [9.17, 15) is 13.2 Å². The first kappa shape index (κ1) is 20.0. The van der Waals surface area contributed by atoms with E-state index in [-0.39, 0.29) is 17.6 Å². The molecule has 29 heavy (non-hydrogen) atoms. The number of hydrogen-bond donors (Lipinski definition) is 2. The molecule has 0 aliphatic rings. The van der Waals surface area contributed by atoms with Crippen molar-refractivity contribution in [3.05, 3.63) is 53.9 Å². The van der Waals surface area contributed by atoms with Gasteiger partial charge in [-0.05, 0) is 38.1 Å². The molecule has 2 N–H and O–H groups in total. The minimum absolute atomic E-state index is 0.0145. The van der Waals surface area contributed by atoms with Gasteiger partial charge in [0, 0.05) is 18.3 Å². The Bertz CT molecular complexity index is 1060. The molecule has 148 valence electrons. The van der Waals surface area contributed by atoms with E-state index in [4.69, 9.17) is 5.26 Å². The van der Waals surface area contributed by atoms with Gasteiger partial charge in [-0.3, -0.25) is 0 Å². The quantitative estimate of drug-likeness (QED) is 0.656. The third-order valence-corrected chi connectivity index (χ3v) is 3.58. The molecule has 0 saturated carbocycles. The van der Waals surface area contributed by atoms with Crippen molar-refractivity contribution in [3.8, 4) is 17.6 Å². The van der Waals surface area contributed by atoms with Crippen LogP contribution in [-0.2, 0) is 6.18 Å². The second kappa shape index (κ2) is 8.10. The molecule has 0 saturated heterocycles. The maximum absolute atomic E-state index is 13.0. The van der Waals surface area contributed by atoms with Gasteiger partial charge < -0.3 is 10.6 Å². The summed E-state index contributed by atoms with van der Waals surface area (Å²) in [6.07, 6.45) is -3.11. The number of nitrogens with zero attached hydrogens (tertiary/aromatic N) is 5. The Morgan fingerprint density at radius 1 is 1.00 bits per heavy atom. The third-order valence-electron chi connectivity index (χ3n) is 3.58. The van der Waals surface area contributed by atoms with Crippen LogP contribution in [0.25, 0.3) is 11.5 Å². The standard InChI is InChI=1S/C19H16F3N7/c1-11(2)25-16-9-17(27-15-8-12(10-23)6-7-24-15)29-18(28-16)13-4-3-5-14(26-13)19(20,21)22/h3-9,11H,1-2H3,(H2,24,25,27,28,29). The van der Waals surface area contributed by atoms with E-state index in [2.05, 4.69) is 30.6 Å². The fraction of sp³-hybridized carbons (Fsp3) is 0.211. The van der Waals surface area contributed by atoms with Crippen molar-refractivity contribution >= 4 is 17.5 Å². The average molecular weight is 399 g/mol. The molecular formula is C19H16F3N7. The zero-order valence-electron chi connectivity index (χ0n) is 15.5. The first-order valence-corrected chi connectivity index (χ1v) is 8.58. The van der Waals surface area contributed by atoms with E-state index in [1.54, 1.807) is 12.1 Å². The van der Waals surface area contributed by atoms with Crippen molar-refractivity contribution < 1.29 is 13.2 Å². The van der Waals surface area contributed by atoms with Crippen LogP contribution in [-0.4, -0.2) is 26.0 Å². The Morgan fingerprint density at radius 2 is 1.76 bits per heavy atom. The Kier molecular flexibility index (Phi) is 5.59. The molecule has 0 spiro atoms. The van der Waals surface area contributed by atoms with Crippen LogP contribution in [0.1, 0.15) is 25.1 Å². The molecule has 0 amide bonds. The average Bonchev–Trinajstić information content (AvgIpc) is 2.67. The van der Waals surface area contributed by atoms with Gasteiger partial charge in [0.15, 0.2) is 5.82 Å². The number of alkyl halides is 3. The van der Waals surface area contributed by atoms with Crippen LogP contribution in [0.3, 0.4) is 0 Å². The van der Waals surface area contributed by atoms with Crippen LogP contribution in [0.5, 0.6) is 0 Å². The van der Waals surface area contributed by atoms with Crippen molar-refractivity contribution in [2.75, 3.05) is 10.6 Å². The van der Waals surface area contributed by atoms with Crippen molar-refractivity contribution in [3.63, 3.8) is 0 Å². The van der Waals surface area contributed by atoms with Gasteiger partial charge in [-0.15, -0.1) is 0 Å². The molecule has 3 rings (SSSR count). The predicted octanol–water partition coefficient (Wildman–Crippen LogP) is 4.39. The number of pyridine rings is 2. The van der Waals surface area contributed by atoms with Gasteiger partial charge in [-0.2, -0.15) is 18.4 Å². The lowest BCUT2D eigenvalue weighted by molar-refractivity contribution is -0.141. The van der Waals surface area contributed by atoms with Gasteiger partial charge in [0.1, 0.15) is 28.8 Å². The fourth-order valence-electron chi connectivity index (χ4n) is 2.41. The lowest BCUT2D eigenvalue weighted by Crippen LogP contribution is -2.13. The number of hydrogen-bond acceptors (Lipinski definition) is 7. The lowest BCUT2D eigenvalue weighted by Gasteiger charge is -2.13. The Balaban J connectivity index is 2.03. The van der Waals surface area contributed by atoms with Crippen LogP contribution in [0, 0.1) is 11.3 Å². The molecule has 0 radical (unpaired) electrons. The molecule has 0 bridgehead atoms. The highest BCUT2D eigenvalue weighted by molar-refractivity contribution is 5.62. The van der Waals surface area contributed by atoms with Gasteiger partial charge >= 0.3 is 6.18 Å². The Hall–Kier alpha value is -3.74. The van der Waals surface area contributed by atoms with Crippen LogP contribution < -0.4 is 10.6 Å². The van der Waals surface area contributed by atoms with Crippen molar-refractivity contribution in [1.82, 2.24) is 19.9 Å². The minimum Gasteiger partial charge on any atom is -0.368 e. The summed E-state index contributed by atoms with van der Waals surface area (Å²) in [6.45, 7) is 3.80. The van der Waals surface area contributed by atoms with Gasteiger partial charge in [-0.25, -0.2) is 19.9 Å². The Labute approximate surface area is 164 Å². The predicted molar refractivity (Wildman–Crippen MR) is 101 cm³/mol. The highest BCUT2D eigenvalue weighted by atomic mass is 19.4. The summed E-state index contributed by atoms with van der Waals surface area (Å²) in [5.41, 5.74) is -0.649. The molecule has 3 aromatic rings. The molecule has 0 unspecified atom stereocenters. The van der Waals surface area contributed by atoms with Gasteiger partial charge in [0.05, 0.1) is 11.6 Å². The molecule has 0 aliphatic carbocycles. The maximum Gasteiger partial charge on any atom is 0.433 e. The number of anilines is 3. The molecule has 0 atom stereocenters. The van der Waals surface area contributed by atoms with Crippen molar-refractivity contribution in [2.24, 2.45) is 0 Å². The number of nitriles is 1. The largest absolute Gasteiger partial charge is 0.433 e. The normalized spacial score (nSPS) is 11.2. The van der Waals surface area contributed by atoms with Crippen LogP contribution >= 0.6 is 0 Å². The van der Waals surface area contributed by atoms with Crippen molar-refractivity contribution in [1.29, 1.82) is 5.26 Å². The molecule has 0 aliphatic heterocycles. The SMILES string of the molecule is CC(C)Nc1cc(Nc2cc(C#N)ccn2)nc(-c2cccc(C(F)(F)F)n2)n1. The summed E-state index contributed by atoms with van der Waals surface area (Å²) >= 11 is 0. The highest BCUT2D eigenvalue weighted by Crippen LogP contribution is 2.29. The summed E-state index contributed by atoms with van der Waals surface area (Å²) in [6, 6.07) is 10.2. The number of rotatable bonds is 5. The first-order chi connectivity index (χ1) is 13.7. The molecule has 0 fully saturated rings. The van der Waals surface area contributed by atoms with Gasteiger partial charge in [-0.1, -0.05) is 6.07 Å². The summed E-state index contributed by atoms with van der Waals surface area (Å²) in [5, 5.41) is 15.1. The van der Waals surface area contributed by atoms with Gasteiger partial charge in [0.25, 0.3) is 0 Å². The zero-order chi connectivity index (χ0) is 21.0. The Morgan fingerprint density at radius 3 is 2.45 bits per heavy atom. The van der Waals surface area contributed by atoms with E-state index in [0.717, 1.165) is 6.07 Å². The molecule has 0 aromatic carbocycles.